The van der Waals surface area contributed by atoms with E-state index in [9.17, 15) is 4.79 Å². The fourth-order valence-electron chi connectivity index (χ4n) is 2.28. The number of ketones is 1. The third-order valence-electron chi connectivity index (χ3n) is 3.12. The molecule has 2 unspecified atom stereocenters. The minimum Gasteiger partial charge on any atom is -0.299 e. The Kier molecular flexibility index (Phi) is 4.84. The molecule has 0 N–H and O–H groups in total. The molecule has 0 aromatic heterocycles. The Morgan fingerprint density at radius 2 is 1.53 bits per heavy atom. The molecule has 0 heterocycles. The lowest BCUT2D eigenvalue weighted by atomic mass is 9.76. The molecule has 1 fully saturated rings. The SMILES string of the molecule is N#CCCC1CCCC(CCC#N)C1=O. The molecule has 1 saturated carbocycles. The second-order valence-electron chi connectivity index (χ2n) is 4.12. The monoisotopic (exact) mass is 204 g/mol. The topological polar surface area (TPSA) is 64.7 Å². The van der Waals surface area contributed by atoms with Crippen LogP contribution in [0.3, 0.4) is 0 Å². The number of carbonyl (C=O) groups is 1. The number of hydrogen-bond donors (Lipinski definition) is 0. The maximum atomic E-state index is 11.9. The van der Waals surface area contributed by atoms with Gasteiger partial charge in [-0.2, -0.15) is 10.5 Å². The molecule has 3 heteroatoms. The fraction of sp³-hybridized carbons (Fsp3) is 0.750. The van der Waals surface area contributed by atoms with Crippen molar-refractivity contribution >= 4 is 5.78 Å². The molecule has 0 saturated heterocycles. The molecular weight excluding hydrogens is 188 g/mol. The minimum atomic E-state index is 0.0853. The molecule has 2 atom stereocenters. The van der Waals surface area contributed by atoms with E-state index < -0.39 is 0 Å². The van der Waals surface area contributed by atoms with E-state index in [4.69, 9.17) is 10.5 Å². The fourth-order valence-corrected chi connectivity index (χ4v) is 2.28. The van der Waals surface area contributed by atoms with Crippen molar-refractivity contribution in [3.05, 3.63) is 0 Å². The maximum absolute atomic E-state index is 11.9. The lowest BCUT2D eigenvalue weighted by molar-refractivity contribution is -0.129. The third kappa shape index (κ3) is 3.36. The van der Waals surface area contributed by atoms with Crippen LogP contribution >= 0.6 is 0 Å². The summed E-state index contributed by atoms with van der Waals surface area (Å²) >= 11 is 0. The van der Waals surface area contributed by atoms with E-state index in [-0.39, 0.29) is 11.8 Å². The van der Waals surface area contributed by atoms with Crippen molar-refractivity contribution in [1.29, 1.82) is 10.5 Å². The zero-order valence-corrected chi connectivity index (χ0v) is 8.91. The highest BCUT2D eigenvalue weighted by Gasteiger charge is 2.30. The number of carbonyl (C=O) groups excluding carboxylic acids is 1. The Hall–Kier alpha value is -1.35. The van der Waals surface area contributed by atoms with Gasteiger partial charge in [-0.3, -0.25) is 4.79 Å². The number of nitrogens with zero attached hydrogens (tertiary/aromatic N) is 2. The van der Waals surface area contributed by atoms with E-state index in [2.05, 4.69) is 12.1 Å². The lowest BCUT2D eigenvalue weighted by Gasteiger charge is -2.26. The van der Waals surface area contributed by atoms with E-state index in [0.717, 1.165) is 19.3 Å². The van der Waals surface area contributed by atoms with Crippen LogP contribution in [0.5, 0.6) is 0 Å². The van der Waals surface area contributed by atoms with Crippen LogP contribution in [0.4, 0.5) is 0 Å². The van der Waals surface area contributed by atoms with Crippen molar-refractivity contribution in [3.63, 3.8) is 0 Å². The zero-order chi connectivity index (χ0) is 11.1. The number of rotatable bonds is 4. The number of nitriles is 2. The van der Waals surface area contributed by atoms with Crippen molar-refractivity contribution in [3.8, 4) is 12.1 Å². The third-order valence-corrected chi connectivity index (χ3v) is 3.12. The first kappa shape index (κ1) is 11.7. The maximum Gasteiger partial charge on any atom is 0.139 e. The van der Waals surface area contributed by atoms with Gasteiger partial charge >= 0.3 is 0 Å². The van der Waals surface area contributed by atoms with Crippen molar-refractivity contribution in [2.45, 2.75) is 44.9 Å². The van der Waals surface area contributed by atoms with Gasteiger partial charge in [-0.15, -0.1) is 0 Å². The van der Waals surface area contributed by atoms with Gasteiger partial charge in [0.1, 0.15) is 5.78 Å². The molecule has 0 amide bonds. The Morgan fingerprint density at radius 1 is 1.07 bits per heavy atom. The van der Waals surface area contributed by atoms with E-state index in [1.807, 2.05) is 0 Å². The molecule has 1 aliphatic rings. The molecular formula is C12H16N2O. The van der Waals surface area contributed by atoms with Crippen LogP contribution in [0.2, 0.25) is 0 Å². The van der Waals surface area contributed by atoms with Gasteiger partial charge in [0.05, 0.1) is 12.1 Å². The van der Waals surface area contributed by atoms with Crippen LogP contribution in [0.15, 0.2) is 0 Å². The van der Waals surface area contributed by atoms with Gasteiger partial charge in [0, 0.05) is 24.7 Å². The van der Waals surface area contributed by atoms with E-state index >= 15 is 0 Å². The second-order valence-corrected chi connectivity index (χ2v) is 4.12. The molecule has 0 aromatic rings. The Balaban J connectivity index is 2.45. The van der Waals surface area contributed by atoms with Crippen LogP contribution in [0.25, 0.3) is 0 Å². The van der Waals surface area contributed by atoms with E-state index in [1.54, 1.807) is 0 Å². The highest BCUT2D eigenvalue weighted by atomic mass is 16.1. The van der Waals surface area contributed by atoms with Crippen LogP contribution < -0.4 is 0 Å². The first-order valence-corrected chi connectivity index (χ1v) is 5.57. The van der Waals surface area contributed by atoms with Crippen LogP contribution in [-0.2, 0) is 4.79 Å². The first-order chi connectivity index (χ1) is 7.29. The van der Waals surface area contributed by atoms with Gasteiger partial charge < -0.3 is 0 Å². The summed E-state index contributed by atoms with van der Waals surface area (Å²) in [6.45, 7) is 0. The van der Waals surface area contributed by atoms with Crippen molar-refractivity contribution in [2.75, 3.05) is 0 Å². The normalized spacial score (nSPS) is 25.6. The molecule has 3 nitrogen and oxygen atoms in total. The molecule has 0 radical (unpaired) electrons. The molecule has 0 spiro atoms. The quantitative estimate of drug-likeness (QED) is 0.706. The number of Topliss-reactive ketones (excluding diaryl/α,β-unsaturated/α-hetero) is 1. The summed E-state index contributed by atoms with van der Waals surface area (Å²) in [5.41, 5.74) is 0. The smallest absolute Gasteiger partial charge is 0.139 e. The molecule has 1 rings (SSSR count). The van der Waals surface area contributed by atoms with E-state index in [0.29, 0.717) is 31.5 Å². The predicted octanol–water partition coefficient (Wildman–Crippen LogP) is 2.58. The Morgan fingerprint density at radius 3 is 1.93 bits per heavy atom. The average molecular weight is 204 g/mol. The summed E-state index contributed by atoms with van der Waals surface area (Å²) in [6.07, 6.45) is 5.30. The summed E-state index contributed by atoms with van der Waals surface area (Å²) in [5, 5.41) is 17.0. The average Bonchev–Trinajstić information content (AvgIpc) is 2.26. The zero-order valence-electron chi connectivity index (χ0n) is 8.91. The van der Waals surface area contributed by atoms with Crippen LogP contribution in [0, 0.1) is 34.5 Å². The highest BCUT2D eigenvalue weighted by Crippen LogP contribution is 2.31. The second kappa shape index (κ2) is 6.19. The molecule has 0 aliphatic heterocycles. The summed E-state index contributed by atoms with van der Waals surface area (Å²) in [7, 11) is 0. The lowest BCUT2D eigenvalue weighted by Crippen LogP contribution is -2.28. The Bertz CT molecular complexity index is 270. The van der Waals surface area contributed by atoms with Gasteiger partial charge in [0.2, 0.25) is 0 Å². The molecule has 0 aromatic carbocycles. The van der Waals surface area contributed by atoms with Gasteiger partial charge in [-0.1, -0.05) is 6.42 Å². The van der Waals surface area contributed by atoms with Gasteiger partial charge in [0.15, 0.2) is 0 Å². The molecule has 0 bridgehead atoms. The first-order valence-electron chi connectivity index (χ1n) is 5.57. The molecule has 80 valence electrons. The van der Waals surface area contributed by atoms with Crippen molar-refractivity contribution < 1.29 is 4.79 Å². The minimum absolute atomic E-state index is 0.0853. The van der Waals surface area contributed by atoms with Gasteiger partial charge in [-0.25, -0.2) is 0 Å². The summed E-state index contributed by atoms with van der Waals surface area (Å²) in [4.78, 5) is 11.9. The predicted molar refractivity (Wildman–Crippen MR) is 55.5 cm³/mol. The van der Waals surface area contributed by atoms with Crippen molar-refractivity contribution in [1.82, 2.24) is 0 Å². The summed E-state index contributed by atoms with van der Waals surface area (Å²) in [6, 6.07) is 4.18. The van der Waals surface area contributed by atoms with Crippen molar-refractivity contribution in [2.24, 2.45) is 11.8 Å². The molecule has 15 heavy (non-hydrogen) atoms. The van der Waals surface area contributed by atoms with Crippen LogP contribution in [-0.4, -0.2) is 5.78 Å². The van der Waals surface area contributed by atoms with Crippen LogP contribution in [0.1, 0.15) is 44.9 Å². The standard InChI is InChI=1S/C12H16N2O/c13-8-2-6-10-4-1-5-11(12(10)15)7-3-9-14/h10-11H,1-7H2. The van der Waals surface area contributed by atoms with E-state index in [1.165, 1.54) is 0 Å². The molecule has 1 aliphatic carbocycles. The summed E-state index contributed by atoms with van der Waals surface area (Å²) < 4.78 is 0. The van der Waals surface area contributed by atoms with Gasteiger partial charge in [0.25, 0.3) is 0 Å². The largest absolute Gasteiger partial charge is 0.299 e. The Labute approximate surface area is 90.7 Å². The summed E-state index contributed by atoms with van der Waals surface area (Å²) in [5.74, 6) is 0.468. The number of hydrogen-bond acceptors (Lipinski definition) is 3. The van der Waals surface area contributed by atoms with Gasteiger partial charge in [-0.05, 0) is 25.7 Å². The highest BCUT2D eigenvalue weighted by molar-refractivity contribution is 5.84.